The van der Waals surface area contributed by atoms with Gasteiger partial charge in [0.2, 0.25) is 5.91 Å². The van der Waals surface area contributed by atoms with Crippen molar-refractivity contribution in [2.24, 2.45) is 0 Å². The lowest BCUT2D eigenvalue weighted by Crippen LogP contribution is -2.40. The Labute approximate surface area is 94.5 Å². The third-order valence-electron chi connectivity index (χ3n) is 2.79. The zero-order valence-electron chi connectivity index (χ0n) is 8.99. The zero-order valence-corrected chi connectivity index (χ0v) is 9.80. The largest absolute Gasteiger partial charge is 0.345 e. The van der Waals surface area contributed by atoms with Crippen LogP contribution in [-0.4, -0.2) is 39.2 Å². The van der Waals surface area contributed by atoms with Gasteiger partial charge in [-0.3, -0.25) is 4.79 Å². The molecule has 88 valence electrons. The summed E-state index contributed by atoms with van der Waals surface area (Å²) >= 11 is 0. The lowest BCUT2D eigenvalue weighted by atomic mass is 10.0. The van der Waals surface area contributed by atoms with Crippen LogP contribution in [0.5, 0.6) is 0 Å². The molecule has 0 radical (unpaired) electrons. The van der Waals surface area contributed by atoms with E-state index in [-0.39, 0.29) is 17.7 Å². The summed E-state index contributed by atoms with van der Waals surface area (Å²) in [6.07, 6.45) is 1.52. The van der Waals surface area contributed by atoms with Crippen molar-refractivity contribution in [3.8, 4) is 0 Å². The summed E-state index contributed by atoms with van der Waals surface area (Å²) < 4.78 is 22.3. The maximum atomic E-state index is 11.7. The van der Waals surface area contributed by atoms with Crippen molar-refractivity contribution in [1.82, 2.24) is 10.6 Å². The molecule has 1 fully saturated rings. The van der Waals surface area contributed by atoms with Gasteiger partial charge in [0, 0.05) is 24.1 Å². The highest BCUT2D eigenvalue weighted by molar-refractivity contribution is 7.94. The number of hydrogen-bond donors (Lipinski definition) is 2. The van der Waals surface area contributed by atoms with E-state index in [1.807, 2.05) is 0 Å². The molecule has 0 aromatic heterocycles. The Morgan fingerprint density at radius 2 is 2.19 bits per heavy atom. The van der Waals surface area contributed by atoms with Gasteiger partial charge >= 0.3 is 0 Å². The number of hydrogen-bond acceptors (Lipinski definition) is 4. The van der Waals surface area contributed by atoms with E-state index in [0.29, 0.717) is 5.57 Å². The number of nitrogens with one attached hydrogen (secondary N) is 2. The van der Waals surface area contributed by atoms with Gasteiger partial charge in [0.1, 0.15) is 0 Å². The van der Waals surface area contributed by atoms with Gasteiger partial charge < -0.3 is 10.6 Å². The van der Waals surface area contributed by atoms with Gasteiger partial charge in [-0.1, -0.05) is 0 Å². The molecule has 1 atom stereocenters. The highest BCUT2D eigenvalue weighted by atomic mass is 32.2. The molecule has 0 saturated carbocycles. The second-order valence-corrected chi connectivity index (χ2v) is 6.00. The van der Waals surface area contributed by atoms with E-state index in [2.05, 4.69) is 10.6 Å². The third kappa shape index (κ3) is 2.33. The van der Waals surface area contributed by atoms with Crippen LogP contribution in [-0.2, 0) is 14.6 Å². The number of carbonyl (C=O) groups excluding carboxylic acids is 1. The Morgan fingerprint density at radius 3 is 2.62 bits per heavy atom. The fourth-order valence-electron chi connectivity index (χ4n) is 1.62. The van der Waals surface area contributed by atoms with E-state index in [1.165, 1.54) is 6.08 Å². The molecule has 1 saturated heterocycles. The van der Waals surface area contributed by atoms with Crippen molar-refractivity contribution in [2.75, 3.05) is 18.8 Å². The number of rotatable bonds is 2. The van der Waals surface area contributed by atoms with Gasteiger partial charge in [-0.05, 0) is 18.6 Å². The molecule has 0 aliphatic carbocycles. The second-order valence-electron chi connectivity index (χ2n) is 4.07. The maximum Gasteiger partial charge on any atom is 0.247 e. The molecule has 0 bridgehead atoms. The van der Waals surface area contributed by atoms with E-state index in [0.717, 1.165) is 24.1 Å². The van der Waals surface area contributed by atoms with Crippen LogP contribution in [0.25, 0.3) is 0 Å². The molecule has 2 heterocycles. The summed E-state index contributed by atoms with van der Waals surface area (Å²) in [7, 11) is -3.10. The van der Waals surface area contributed by atoms with Gasteiger partial charge in [-0.25, -0.2) is 8.42 Å². The molecule has 1 unspecified atom stereocenters. The van der Waals surface area contributed by atoms with Gasteiger partial charge in [0.05, 0.1) is 11.8 Å². The van der Waals surface area contributed by atoms with Crippen molar-refractivity contribution in [3.63, 3.8) is 0 Å². The average Bonchev–Trinajstić information content (AvgIpc) is 2.42. The lowest BCUT2D eigenvalue weighted by molar-refractivity contribution is -0.117. The van der Waals surface area contributed by atoms with Crippen LogP contribution in [0.4, 0.5) is 0 Å². The van der Waals surface area contributed by atoms with Crippen molar-refractivity contribution in [3.05, 3.63) is 22.6 Å². The SMILES string of the molecule is CC(C(=O)NC1C=CS(=O)(=O)C1)=C1CNC1. The number of amides is 1. The van der Waals surface area contributed by atoms with Crippen molar-refractivity contribution < 1.29 is 13.2 Å². The molecular formula is C10H14N2O3S. The fourth-order valence-corrected chi connectivity index (χ4v) is 2.85. The molecule has 0 spiro atoms. The minimum absolute atomic E-state index is 0.0282. The van der Waals surface area contributed by atoms with Crippen molar-refractivity contribution >= 4 is 15.7 Å². The zero-order chi connectivity index (χ0) is 11.8. The summed E-state index contributed by atoms with van der Waals surface area (Å²) in [5.74, 6) is -0.206. The molecule has 2 aliphatic heterocycles. The first-order valence-corrected chi connectivity index (χ1v) is 6.81. The molecule has 1 amide bonds. The summed E-state index contributed by atoms with van der Waals surface area (Å²) in [6, 6.07) is -0.388. The highest BCUT2D eigenvalue weighted by Gasteiger charge is 2.24. The third-order valence-corrected chi connectivity index (χ3v) is 4.19. The van der Waals surface area contributed by atoms with E-state index in [9.17, 15) is 13.2 Å². The Bertz CT molecular complexity index is 470. The summed E-state index contributed by atoms with van der Waals surface area (Å²) in [4.78, 5) is 11.7. The quantitative estimate of drug-likeness (QED) is 0.630. The topological polar surface area (TPSA) is 75.3 Å². The molecule has 2 rings (SSSR count). The Hall–Kier alpha value is -1.14. The van der Waals surface area contributed by atoms with Gasteiger partial charge in [0.25, 0.3) is 0 Å². The van der Waals surface area contributed by atoms with Gasteiger partial charge in [-0.15, -0.1) is 0 Å². The number of carbonyl (C=O) groups is 1. The minimum Gasteiger partial charge on any atom is -0.345 e. The smallest absolute Gasteiger partial charge is 0.247 e. The van der Waals surface area contributed by atoms with Gasteiger partial charge in [0.15, 0.2) is 9.84 Å². The lowest BCUT2D eigenvalue weighted by Gasteiger charge is -2.22. The van der Waals surface area contributed by atoms with Crippen LogP contribution >= 0.6 is 0 Å². The Balaban J connectivity index is 1.97. The normalized spacial score (nSPS) is 26.3. The van der Waals surface area contributed by atoms with E-state index < -0.39 is 9.84 Å². The summed E-state index contributed by atoms with van der Waals surface area (Å²) in [5, 5.41) is 6.91. The first kappa shape index (κ1) is 11.3. The minimum atomic E-state index is -3.10. The molecule has 2 N–H and O–H groups in total. The monoisotopic (exact) mass is 242 g/mol. The van der Waals surface area contributed by atoms with Crippen LogP contribution in [0, 0.1) is 0 Å². The molecule has 2 aliphatic rings. The molecule has 5 nitrogen and oxygen atoms in total. The average molecular weight is 242 g/mol. The van der Waals surface area contributed by atoms with E-state index in [4.69, 9.17) is 0 Å². The van der Waals surface area contributed by atoms with Crippen molar-refractivity contribution in [1.29, 1.82) is 0 Å². The summed E-state index contributed by atoms with van der Waals surface area (Å²) in [6.45, 7) is 3.26. The molecule has 6 heteroatoms. The predicted molar refractivity (Wildman–Crippen MR) is 60.4 cm³/mol. The van der Waals surface area contributed by atoms with Gasteiger partial charge in [-0.2, -0.15) is 0 Å². The molecule has 0 aromatic carbocycles. The Morgan fingerprint density at radius 1 is 1.50 bits per heavy atom. The second kappa shape index (κ2) is 4.03. The van der Waals surface area contributed by atoms with Crippen LogP contribution in [0.3, 0.4) is 0 Å². The van der Waals surface area contributed by atoms with Crippen LogP contribution < -0.4 is 10.6 Å². The molecular weight excluding hydrogens is 228 g/mol. The van der Waals surface area contributed by atoms with E-state index >= 15 is 0 Å². The fraction of sp³-hybridized carbons (Fsp3) is 0.500. The van der Waals surface area contributed by atoms with Crippen LogP contribution in [0.1, 0.15) is 6.92 Å². The first-order chi connectivity index (χ1) is 7.48. The first-order valence-electron chi connectivity index (χ1n) is 5.09. The summed E-state index contributed by atoms with van der Waals surface area (Å²) in [5.41, 5.74) is 1.78. The van der Waals surface area contributed by atoms with Crippen molar-refractivity contribution in [2.45, 2.75) is 13.0 Å². The van der Waals surface area contributed by atoms with Crippen LogP contribution in [0.2, 0.25) is 0 Å². The maximum absolute atomic E-state index is 11.7. The molecule has 16 heavy (non-hydrogen) atoms. The highest BCUT2D eigenvalue weighted by Crippen LogP contribution is 2.11. The molecule has 0 aromatic rings. The number of sulfone groups is 1. The predicted octanol–water partition coefficient (Wildman–Crippen LogP) is -0.667. The van der Waals surface area contributed by atoms with Crippen LogP contribution in [0.15, 0.2) is 22.6 Å². The standard InChI is InChI=1S/C10H14N2O3S/c1-7(8-4-11-5-8)10(13)12-9-2-3-16(14,15)6-9/h2-3,9,11H,4-6H2,1H3,(H,12,13). The van der Waals surface area contributed by atoms with E-state index in [1.54, 1.807) is 6.92 Å². The Kier molecular flexibility index (Phi) is 2.86.